The van der Waals surface area contributed by atoms with Crippen LogP contribution in [-0.2, 0) is 0 Å². The molecular weight excluding hydrogens is 685 g/mol. The molecule has 57 heavy (non-hydrogen) atoms. The maximum atomic E-state index is 2.34. The number of hydrogen-bond acceptors (Lipinski definition) is 0. The largest absolute Gasteiger partial charge is 0.0857 e. The van der Waals surface area contributed by atoms with Gasteiger partial charge in [-0.05, 0) is 135 Å². The van der Waals surface area contributed by atoms with Crippen LogP contribution in [0.15, 0.2) is 93.2 Å². The van der Waals surface area contributed by atoms with Crippen LogP contribution < -0.4 is 0 Å². The van der Waals surface area contributed by atoms with E-state index in [2.05, 4.69) is 187 Å². The predicted octanol–water partition coefficient (Wildman–Crippen LogP) is 19.5. The molecule has 0 heteroatoms. The van der Waals surface area contributed by atoms with Gasteiger partial charge in [0.05, 0.1) is 0 Å². The topological polar surface area (TPSA) is 0 Å². The van der Waals surface area contributed by atoms with Gasteiger partial charge in [0.15, 0.2) is 0 Å². The molecule has 0 aromatic heterocycles. The van der Waals surface area contributed by atoms with Gasteiger partial charge < -0.3 is 0 Å². The Kier molecular flexibility index (Phi) is 30.9. The van der Waals surface area contributed by atoms with Crippen molar-refractivity contribution in [2.24, 2.45) is 59.2 Å². The van der Waals surface area contributed by atoms with Crippen molar-refractivity contribution >= 4 is 0 Å². The summed E-state index contributed by atoms with van der Waals surface area (Å²) in [6.45, 7) is 45.7. The van der Waals surface area contributed by atoms with E-state index in [-0.39, 0.29) is 7.43 Å². The van der Waals surface area contributed by atoms with Gasteiger partial charge in [-0.2, -0.15) is 0 Å². The number of allylic oxidation sites excluding steroid dienone is 16. The fraction of sp³-hybridized carbons (Fsp3) is 0.719. The highest BCUT2D eigenvalue weighted by Crippen LogP contribution is 2.34. The van der Waals surface area contributed by atoms with Crippen molar-refractivity contribution in [1.82, 2.24) is 0 Å². The molecule has 0 unspecified atom stereocenters. The lowest BCUT2D eigenvalue weighted by molar-refractivity contribution is 0.549. The SMILES string of the molecule is C.CC(C)/C=C\C(C)C.CC(C)C1=C(C(C)C)CC=CC1.CC(C)C1=C(C(C)C)CCC=C1.CC(C)C1=C(C(C)C)CCC=C1.CC(C)C1=C(C(C)C)CCCC1. The Hall–Kier alpha value is -2.08. The van der Waals surface area contributed by atoms with Gasteiger partial charge >= 0.3 is 0 Å². The summed E-state index contributed by atoms with van der Waals surface area (Å²) in [5.41, 5.74) is 13.4. The molecule has 0 fully saturated rings. The van der Waals surface area contributed by atoms with E-state index in [1.165, 1.54) is 64.2 Å². The van der Waals surface area contributed by atoms with Gasteiger partial charge in [-0.25, -0.2) is 0 Å². The van der Waals surface area contributed by atoms with Gasteiger partial charge in [-0.15, -0.1) is 0 Å². The zero-order valence-electron chi connectivity index (χ0n) is 41.5. The van der Waals surface area contributed by atoms with E-state index in [1.54, 1.807) is 44.6 Å². The molecule has 0 heterocycles. The third-order valence-corrected chi connectivity index (χ3v) is 11.6. The number of rotatable bonds is 10. The summed E-state index contributed by atoms with van der Waals surface area (Å²) in [6.07, 6.45) is 31.3. The zero-order chi connectivity index (χ0) is 43.1. The van der Waals surface area contributed by atoms with Crippen molar-refractivity contribution in [3.8, 4) is 0 Å². The van der Waals surface area contributed by atoms with Gasteiger partial charge in [0, 0.05) is 0 Å². The van der Waals surface area contributed by atoms with E-state index < -0.39 is 0 Å². The first kappa shape index (κ1) is 57.0. The van der Waals surface area contributed by atoms with Gasteiger partial charge in [0.2, 0.25) is 0 Å². The van der Waals surface area contributed by atoms with Crippen LogP contribution in [0, 0.1) is 59.2 Å². The van der Waals surface area contributed by atoms with Crippen LogP contribution in [0.25, 0.3) is 0 Å². The summed E-state index contributed by atoms with van der Waals surface area (Å²) in [4.78, 5) is 0. The highest BCUT2D eigenvalue weighted by Gasteiger charge is 2.18. The Morgan fingerprint density at radius 3 is 0.825 bits per heavy atom. The molecule has 4 rings (SSSR count). The Bertz CT molecular complexity index is 1200. The van der Waals surface area contributed by atoms with E-state index in [0.29, 0.717) is 23.7 Å². The number of hydrogen-bond donors (Lipinski definition) is 0. The second-order valence-electron chi connectivity index (χ2n) is 20.1. The molecule has 0 amide bonds. The van der Waals surface area contributed by atoms with Crippen molar-refractivity contribution < 1.29 is 0 Å². The van der Waals surface area contributed by atoms with Crippen molar-refractivity contribution in [2.45, 2.75) is 210 Å². The molecule has 0 aromatic rings. The average Bonchev–Trinajstić information content (AvgIpc) is 3.14. The molecule has 0 N–H and O–H groups in total. The second kappa shape index (κ2) is 30.9. The summed E-state index contributed by atoms with van der Waals surface area (Å²) in [7, 11) is 0. The highest BCUT2D eigenvalue weighted by atomic mass is 14.2. The molecule has 330 valence electrons. The fourth-order valence-electron chi connectivity index (χ4n) is 8.38. The Labute approximate surface area is 361 Å². The highest BCUT2D eigenvalue weighted by molar-refractivity contribution is 5.33. The normalized spacial score (nSPS) is 17.3. The smallest absolute Gasteiger partial charge is 0.0133 e. The van der Waals surface area contributed by atoms with Crippen molar-refractivity contribution in [3.05, 3.63) is 93.2 Å². The summed E-state index contributed by atoms with van der Waals surface area (Å²) in [5.74, 6) is 7.28. The summed E-state index contributed by atoms with van der Waals surface area (Å²) in [6, 6.07) is 0. The van der Waals surface area contributed by atoms with Crippen LogP contribution in [0.5, 0.6) is 0 Å². The standard InChI is InChI=1S/C12H22.3C12H20.C8H16.CH4/c4*1-9(2)11-7-5-6-8-12(11)10(3)4;1-7(2)5-6-8(3)4;/h9-10H,5-8H2,1-4H3;2*5,7,9-10H,6,8H2,1-4H3;5-6,9-10H,7-8H2,1-4H3;5-8H,1-4H3;1H4/b;;;;6-5-;. The molecule has 0 bridgehead atoms. The van der Waals surface area contributed by atoms with Crippen LogP contribution in [0.1, 0.15) is 210 Å². The molecule has 0 spiro atoms. The average molecular weight is 787 g/mol. The first-order valence-electron chi connectivity index (χ1n) is 23.7. The van der Waals surface area contributed by atoms with E-state index >= 15 is 0 Å². The van der Waals surface area contributed by atoms with E-state index in [9.17, 15) is 0 Å². The van der Waals surface area contributed by atoms with Gasteiger partial charge in [0.1, 0.15) is 0 Å². The third kappa shape index (κ3) is 23.3. The zero-order valence-corrected chi connectivity index (χ0v) is 41.5. The minimum atomic E-state index is 0. The Morgan fingerprint density at radius 1 is 0.333 bits per heavy atom. The maximum Gasteiger partial charge on any atom is -0.0133 e. The Balaban J connectivity index is 0. The minimum Gasteiger partial charge on any atom is -0.0857 e. The quantitative estimate of drug-likeness (QED) is 0.194. The van der Waals surface area contributed by atoms with Crippen LogP contribution in [0.4, 0.5) is 0 Å². The first-order chi connectivity index (χ1) is 26.1. The molecule has 0 aromatic carbocycles. The van der Waals surface area contributed by atoms with Crippen LogP contribution in [0.2, 0.25) is 0 Å². The van der Waals surface area contributed by atoms with Crippen LogP contribution in [0.3, 0.4) is 0 Å². The minimum absolute atomic E-state index is 0. The molecule has 0 saturated carbocycles. The summed E-state index contributed by atoms with van der Waals surface area (Å²) in [5, 5.41) is 0. The Morgan fingerprint density at radius 2 is 0.614 bits per heavy atom. The van der Waals surface area contributed by atoms with E-state index in [1.807, 2.05) is 0 Å². The fourth-order valence-corrected chi connectivity index (χ4v) is 8.38. The molecule has 0 aliphatic heterocycles. The molecule has 4 aliphatic carbocycles. The third-order valence-electron chi connectivity index (χ3n) is 11.6. The van der Waals surface area contributed by atoms with Crippen molar-refractivity contribution in [2.75, 3.05) is 0 Å². The predicted molar refractivity (Wildman–Crippen MR) is 266 cm³/mol. The second-order valence-corrected chi connectivity index (χ2v) is 20.1. The van der Waals surface area contributed by atoms with Crippen LogP contribution >= 0.6 is 0 Å². The lowest BCUT2D eigenvalue weighted by Gasteiger charge is -2.25. The maximum absolute atomic E-state index is 2.34. The lowest BCUT2D eigenvalue weighted by atomic mass is 9.81. The molecule has 0 nitrogen and oxygen atoms in total. The monoisotopic (exact) mass is 787 g/mol. The van der Waals surface area contributed by atoms with Crippen molar-refractivity contribution in [3.63, 3.8) is 0 Å². The molecular formula is C57H102. The van der Waals surface area contributed by atoms with Gasteiger partial charge in [-0.1, -0.05) is 228 Å². The molecule has 4 aliphatic rings. The van der Waals surface area contributed by atoms with Gasteiger partial charge in [0.25, 0.3) is 0 Å². The molecule has 0 saturated heterocycles. The van der Waals surface area contributed by atoms with Gasteiger partial charge in [-0.3, -0.25) is 0 Å². The van der Waals surface area contributed by atoms with E-state index in [0.717, 1.165) is 35.5 Å². The van der Waals surface area contributed by atoms with Crippen LogP contribution in [-0.4, -0.2) is 0 Å². The summed E-state index contributed by atoms with van der Waals surface area (Å²) < 4.78 is 0. The molecule has 0 radical (unpaired) electrons. The van der Waals surface area contributed by atoms with E-state index in [4.69, 9.17) is 0 Å². The summed E-state index contributed by atoms with van der Waals surface area (Å²) >= 11 is 0. The lowest BCUT2D eigenvalue weighted by Crippen LogP contribution is -2.09. The van der Waals surface area contributed by atoms with Crippen molar-refractivity contribution in [1.29, 1.82) is 0 Å². The molecule has 0 atom stereocenters. The first-order valence-corrected chi connectivity index (χ1v) is 23.7.